The summed E-state index contributed by atoms with van der Waals surface area (Å²) in [4.78, 5) is 16.9. The van der Waals surface area contributed by atoms with E-state index in [4.69, 9.17) is 5.26 Å². The lowest BCUT2D eigenvalue weighted by Crippen LogP contribution is -2.18. The number of carbonyl (C=O) groups excluding carboxylic acids is 1. The largest absolute Gasteiger partial charge is 0.328 e. The van der Waals surface area contributed by atoms with Gasteiger partial charge in [-0.15, -0.1) is 11.8 Å². The van der Waals surface area contributed by atoms with Crippen molar-refractivity contribution in [3.63, 3.8) is 0 Å². The number of rotatable bonds is 6. The summed E-state index contributed by atoms with van der Waals surface area (Å²) in [6.45, 7) is 2.11. The summed E-state index contributed by atoms with van der Waals surface area (Å²) in [7, 11) is 0. The number of carbonyl (C=O) groups is 1. The van der Waals surface area contributed by atoms with Crippen LogP contribution in [0.1, 0.15) is 6.92 Å². The van der Waals surface area contributed by atoms with Crippen molar-refractivity contribution in [2.75, 3.05) is 11.1 Å². The third kappa shape index (κ3) is 4.65. The second-order valence-corrected chi connectivity index (χ2v) is 5.68. The van der Waals surface area contributed by atoms with Gasteiger partial charge < -0.3 is 9.88 Å². The molecule has 5 nitrogen and oxygen atoms in total. The molecule has 1 atom stereocenters. The Hall–Kier alpha value is -2.26. The Balaban J connectivity index is 1.99. The molecule has 6 heteroatoms. The predicted molar refractivity (Wildman–Crippen MR) is 82.8 cm³/mol. The van der Waals surface area contributed by atoms with Crippen LogP contribution in [0.25, 0.3) is 0 Å². The summed E-state index contributed by atoms with van der Waals surface area (Å²) >= 11 is 1.57. The fraction of sp³-hybridized carbons (Fsp3) is 0.267. The molecule has 0 aliphatic heterocycles. The lowest BCUT2D eigenvalue weighted by atomic mass is 10.3. The first-order valence-corrected chi connectivity index (χ1v) is 7.54. The molecule has 108 valence electrons. The zero-order valence-corrected chi connectivity index (χ0v) is 12.5. The number of benzene rings is 1. The van der Waals surface area contributed by atoms with Crippen LogP contribution in [0.15, 0.2) is 47.9 Å². The molecule has 0 bridgehead atoms. The molecule has 0 fully saturated rings. The monoisotopic (exact) mass is 300 g/mol. The molecule has 2 rings (SSSR count). The number of para-hydroxylation sites is 1. The van der Waals surface area contributed by atoms with Crippen molar-refractivity contribution in [2.45, 2.75) is 18.4 Å². The molecule has 0 radical (unpaired) electrons. The number of nitrogens with zero attached hydrogens (tertiary/aromatic N) is 3. The molecule has 1 N–H and O–H groups in total. The quantitative estimate of drug-likeness (QED) is 0.833. The maximum atomic E-state index is 12.0. The molecule has 1 heterocycles. The average molecular weight is 300 g/mol. The maximum absolute atomic E-state index is 12.0. The lowest BCUT2D eigenvalue weighted by Gasteiger charge is -2.11. The lowest BCUT2D eigenvalue weighted by molar-refractivity contribution is -0.116. The van der Waals surface area contributed by atoms with Crippen molar-refractivity contribution in [2.24, 2.45) is 5.92 Å². The van der Waals surface area contributed by atoms with Crippen molar-refractivity contribution in [3.05, 3.63) is 43.0 Å². The minimum atomic E-state index is -0.102. The number of imidazole rings is 1. The first-order valence-electron chi connectivity index (χ1n) is 6.56. The molecule has 0 spiro atoms. The summed E-state index contributed by atoms with van der Waals surface area (Å²) in [5.41, 5.74) is 0.776. The van der Waals surface area contributed by atoms with Crippen LogP contribution in [0.4, 0.5) is 5.69 Å². The van der Waals surface area contributed by atoms with Gasteiger partial charge in [0.2, 0.25) is 5.91 Å². The zero-order valence-electron chi connectivity index (χ0n) is 11.7. The third-order valence-electron chi connectivity index (χ3n) is 2.76. The highest BCUT2D eigenvalue weighted by atomic mass is 32.2. The van der Waals surface area contributed by atoms with Crippen LogP contribution in [-0.4, -0.2) is 21.2 Å². The number of aromatic nitrogens is 2. The maximum Gasteiger partial charge on any atom is 0.244 e. The van der Waals surface area contributed by atoms with Gasteiger partial charge >= 0.3 is 0 Å². The number of hydrogen-bond acceptors (Lipinski definition) is 4. The number of thioether (sulfide) groups is 1. The van der Waals surface area contributed by atoms with Crippen LogP contribution in [-0.2, 0) is 11.3 Å². The van der Waals surface area contributed by atoms with E-state index in [0.29, 0.717) is 5.75 Å². The predicted octanol–water partition coefficient (Wildman–Crippen LogP) is 2.77. The fourth-order valence-corrected chi connectivity index (χ4v) is 2.64. The van der Waals surface area contributed by atoms with E-state index in [1.54, 1.807) is 35.0 Å². The zero-order chi connectivity index (χ0) is 15.1. The van der Waals surface area contributed by atoms with Crippen LogP contribution in [0, 0.1) is 17.2 Å². The second-order valence-electron chi connectivity index (χ2n) is 4.62. The van der Waals surface area contributed by atoms with E-state index >= 15 is 0 Å². The minimum absolute atomic E-state index is 0.0234. The first-order chi connectivity index (χ1) is 10.2. The molecule has 1 amide bonds. The number of nitriles is 1. The SMILES string of the molecule is CC(C#N)CSc1ccccc1NC(=O)Cn1ccnc1. The molecular formula is C15H16N4OS. The van der Waals surface area contributed by atoms with E-state index in [9.17, 15) is 4.79 Å². The highest BCUT2D eigenvalue weighted by Gasteiger charge is 2.09. The van der Waals surface area contributed by atoms with Gasteiger partial charge in [-0.25, -0.2) is 4.98 Å². The number of nitrogens with one attached hydrogen (secondary N) is 1. The molecule has 21 heavy (non-hydrogen) atoms. The van der Waals surface area contributed by atoms with Crippen LogP contribution >= 0.6 is 11.8 Å². The topological polar surface area (TPSA) is 70.7 Å². The van der Waals surface area contributed by atoms with Crippen molar-refractivity contribution < 1.29 is 4.79 Å². The minimum Gasteiger partial charge on any atom is -0.328 e. The van der Waals surface area contributed by atoms with Gasteiger partial charge in [0.15, 0.2) is 0 Å². The van der Waals surface area contributed by atoms with Gasteiger partial charge in [-0.3, -0.25) is 4.79 Å². The van der Waals surface area contributed by atoms with Crippen LogP contribution in [0.5, 0.6) is 0 Å². The van der Waals surface area contributed by atoms with E-state index in [-0.39, 0.29) is 18.4 Å². The van der Waals surface area contributed by atoms with Crippen molar-refractivity contribution >= 4 is 23.4 Å². The Morgan fingerprint density at radius 3 is 3.05 bits per heavy atom. The van der Waals surface area contributed by atoms with Crippen molar-refractivity contribution in [3.8, 4) is 6.07 Å². The average Bonchev–Trinajstić information content (AvgIpc) is 2.98. The molecule has 1 aromatic heterocycles. The standard InChI is InChI=1S/C15H16N4OS/c1-12(8-16)10-21-14-5-3-2-4-13(14)18-15(20)9-19-7-6-17-11-19/h2-7,11-12H,9-10H2,1H3,(H,18,20). The Kier molecular flexibility index (Phi) is 5.41. The summed E-state index contributed by atoms with van der Waals surface area (Å²) in [6.07, 6.45) is 4.99. The van der Waals surface area contributed by atoms with E-state index in [1.807, 2.05) is 31.2 Å². The Bertz CT molecular complexity index is 633. The Morgan fingerprint density at radius 1 is 1.52 bits per heavy atom. The van der Waals surface area contributed by atoms with Gasteiger partial charge in [-0.2, -0.15) is 5.26 Å². The van der Waals surface area contributed by atoms with E-state index in [1.165, 1.54) is 0 Å². The summed E-state index contributed by atoms with van der Waals surface area (Å²) in [5.74, 6) is 0.573. The van der Waals surface area contributed by atoms with Gasteiger partial charge in [-0.1, -0.05) is 12.1 Å². The molecule has 1 unspecified atom stereocenters. The highest BCUT2D eigenvalue weighted by molar-refractivity contribution is 7.99. The molecular weight excluding hydrogens is 284 g/mol. The molecule has 0 saturated heterocycles. The summed E-state index contributed by atoms with van der Waals surface area (Å²) in [5, 5.41) is 11.7. The normalized spacial score (nSPS) is 11.6. The van der Waals surface area contributed by atoms with Crippen LogP contribution < -0.4 is 5.32 Å². The van der Waals surface area contributed by atoms with Gasteiger partial charge in [0.05, 0.1) is 24.0 Å². The molecule has 1 aromatic carbocycles. The van der Waals surface area contributed by atoms with E-state index in [0.717, 1.165) is 10.6 Å². The van der Waals surface area contributed by atoms with Gasteiger partial charge in [-0.05, 0) is 19.1 Å². The highest BCUT2D eigenvalue weighted by Crippen LogP contribution is 2.28. The third-order valence-corrected chi connectivity index (χ3v) is 4.09. The van der Waals surface area contributed by atoms with Crippen molar-refractivity contribution in [1.29, 1.82) is 5.26 Å². The van der Waals surface area contributed by atoms with E-state index < -0.39 is 0 Å². The molecule has 0 saturated carbocycles. The first kappa shape index (κ1) is 15.1. The van der Waals surface area contributed by atoms with Gasteiger partial charge in [0.25, 0.3) is 0 Å². The summed E-state index contributed by atoms with van der Waals surface area (Å²) < 4.78 is 1.71. The number of hydrogen-bond donors (Lipinski definition) is 1. The molecule has 0 aliphatic carbocycles. The van der Waals surface area contributed by atoms with Crippen molar-refractivity contribution in [1.82, 2.24) is 9.55 Å². The van der Waals surface area contributed by atoms with E-state index in [2.05, 4.69) is 16.4 Å². The Morgan fingerprint density at radius 2 is 2.33 bits per heavy atom. The fourth-order valence-electron chi connectivity index (χ4n) is 1.68. The molecule has 0 aliphatic rings. The summed E-state index contributed by atoms with van der Waals surface area (Å²) in [6, 6.07) is 9.82. The van der Waals surface area contributed by atoms with Crippen LogP contribution in [0.3, 0.4) is 0 Å². The number of anilines is 1. The molecule has 2 aromatic rings. The van der Waals surface area contributed by atoms with Gasteiger partial charge in [0, 0.05) is 23.0 Å². The Labute approximate surface area is 128 Å². The smallest absolute Gasteiger partial charge is 0.244 e. The second kappa shape index (κ2) is 7.50. The number of amides is 1. The van der Waals surface area contributed by atoms with Gasteiger partial charge in [0.1, 0.15) is 6.54 Å². The van der Waals surface area contributed by atoms with Crippen LogP contribution in [0.2, 0.25) is 0 Å².